The van der Waals surface area contributed by atoms with Crippen molar-refractivity contribution in [3.63, 3.8) is 0 Å². The summed E-state index contributed by atoms with van der Waals surface area (Å²) < 4.78 is 5.58. The predicted molar refractivity (Wildman–Crippen MR) is 73.3 cm³/mol. The molecule has 3 heteroatoms. The van der Waals surface area contributed by atoms with Crippen molar-refractivity contribution in [2.24, 2.45) is 0 Å². The fourth-order valence-corrected chi connectivity index (χ4v) is 2.60. The molecule has 1 N–H and O–H groups in total. The maximum absolute atomic E-state index is 5.58. The first kappa shape index (κ1) is 14.3. The van der Waals surface area contributed by atoms with Gasteiger partial charge in [0, 0.05) is 6.61 Å². The molecule has 1 fully saturated rings. The number of hydrogen-bond acceptors (Lipinski definition) is 3. The van der Waals surface area contributed by atoms with E-state index in [2.05, 4.69) is 11.6 Å². The molecule has 0 aliphatic carbocycles. The number of thioether (sulfide) groups is 1. The lowest BCUT2D eigenvalue weighted by molar-refractivity contribution is 0.104. The summed E-state index contributed by atoms with van der Waals surface area (Å²) in [6.45, 7) is 3.31. The fraction of sp³-hybridized carbons (Fsp3) is 1.00. The maximum Gasteiger partial charge on any atom is 0.0588 e. The molecule has 1 atom stereocenters. The zero-order valence-corrected chi connectivity index (χ0v) is 11.5. The first-order valence-corrected chi connectivity index (χ1v) is 8.14. The number of ether oxygens (including phenoxy) is 1. The van der Waals surface area contributed by atoms with Crippen LogP contribution in [0.5, 0.6) is 0 Å². The minimum atomic E-state index is 0.550. The van der Waals surface area contributed by atoms with Gasteiger partial charge in [0.2, 0.25) is 0 Å². The fourth-order valence-electron chi connectivity index (χ4n) is 2.11. The number of nitrogens with one attached hydrogen (secondary N) is 1. The minimum Gasteiger partial charge on any atom is -0.378 e. The molecule has 0 radical (unpaired) electrons. The van der Waals surface area contributed by atoms with E-state index in [-0.39, 0.29) is 0 Å². The standard InChI is InChI=1S/C13H27NOS/c1-16-12-5-3-2-4-9-14-10-8-13-7-6-11-15-13/h13-14H,2-12H2,1H3. The zero-order valence-electron chi connectivity index (χ0n) is 10.7. The summed E-state index contributed by atoms with van der Waals surface area (Å²) in [4.78, 5) is 0. The topological polar surface area (TPSA) is 21.3 Å². The van der Waals surface area contributed by atoms with Crippen LogP contribution < -0.4 is 5.32 Å². The maximum atomic E-state index is 5.58. The van der Waals surface area contributed by atoms with E-state index < -0.39 is 0 Å². The van der Waals surface area contributed by atoms with Gasteiger partial charge in [-0.05, 0) is 57.2 Å². The first-order valence-electron chi connectivity index (χ1n) is 6.74. The SMILES string of the molecule is CSCCCCCCNCCC1CCCO1. The third-order valence-electron chi connectivity index (χ3n) is 3.12. The van der Waals surface area contributed by atoms with E-state index in [0.29, 0.717) is 6.10 Å². The van der Waals surface area contributed by atoms with Crippen molar-refractivity contribution >= 4 is 11.8 Å². The Hall–Kier alpha value is 0.270. The molecule has 2 nitrogen and oxygen atoms in total. The van der Waals surface area contributed by atoms with Crippen molar-refractivity contribution in [3.8, 4) is 0 Å². The van der Waals surface area contributed by atoms with Gasteiger partial charge < -0.3 is 10.1 Å². The van der Waals surface area contributed by atoms with Crippen molar-refractivity contribution in [1.82, 2.24) is 5.32 Å². The van der Waals surface area contributed by atoms with Crippen molar-refractivity contribution in [1.29, 1.82) is 0 Å². The van der Waals surface area contributed by atoms with Gasteiger partial charge in [0.1, 0.15) is 0 Å². The monoisotopic (exact) mass is 245 g/mol. The molecule has 0 aromatic rings. The van der Waals surface area contributed by atoms with Gasteiger partial charge in [-0.1, -0.05) is 12.8 Å². The van der Waals surface area contributed by atoms with Crippen LogP contribution in [0, 0.1) is 0 Å². The quantitative estimate of drug-likeness (QED) is 0.598. The molecule has 1 unspecified atom stereocenters. The molecule has 1 aliphatic rings. The molecular weight excluding hydrogens is 218 g/mol. The average Bonchev–Trinajstić information content (AvgIpc) is 2.80. The van der Waals surface area contributed by atoms with E-state index in [4.69, 9.17) is 4.74 Å². The molecule has 0 bridgehead atoms. The molecule has 0 amide bonds. The lowest BCUT2D eigenvalue weighted by Crippen LogP contribution is -2.21. The highest BCUT2D eigenvalue weighted by Crippen LogP contribution is 2.14. The van der Waals surface area contributed by atoms with Crippen LogP contribution in [0.2, 0.25) is 0 Å². The summed E-state index contributed by atoms with van der Waals surface area (Å²) >= 11 is 1.96. The second kappa shape index (κ2) is 10.4. The van der Waals surface area contributed by atoms with E-state index in [9.17, 15) is 0 Å². The van der Waals surface area contributed by atoms with Crippen molar-refractivity contribution in [2.45, 2.75) is 51.0 Å². The summed E-state index contributed by atoms with van der Waals surface area (Å²) in [5, 5.41) is 3.52. The molecule has 0 saturated carbocycles. The van der Waals surface area contributed by atoms with Crippen molar-refractivity contribution < 1.29 is 4.74 Å². The van der Waals surface area contributed by atoms with Crippen LogP contribution >= 0.6 is 11.8 Å². The van der Waals surface area contributed by atoms with E-state index in [1.54, 1.807) is 0 Å². The second-order valence-electron chi connectivity index (χ2n) is 4.58. The Kier molecular flexibility index (Phi) is 9.34. The highest BCUT2D eigenvalue weighted by molar-refractivity contribution is 7.98. The predicted octanol–water partition coefficient (Wildman–Crippen LogP) is 3.07. The Bertz CT molecular complexity index is 149. The van der Waals surface area contributed by atoms with Gasteiger partial charge in [-0.15, -0.1) is 0 Å². The Morgan fingerprint density at radius 2 is 2.06 bits per heavy atom. The third kappa shape index (κ3) is 7.53. The summed E-state index contributed by atoms with van der Waals surface area (Å²) in [7, 11) is 0. The molecule has 1 heterocycles. The highest BCUT2D eigenvalue weighted by atomic mass is 32.2. The Labute approximate surface area is 105 Å². The Morgan fingerprint density at radius 1 is 1.19 bits per heavy atom. The molecule has 1 saturated heterocycles. The van der Waals surface area contributed by atoms with Gasteiger partial charge in [-0.2, -0.15) is 11.8 Å². The second-order valence-corrected chi connectivity index (χ2v) is 5.57. The molecule has 0 aromatic heterocycles. The van der Waals surface area contributed by atoms with Crippen LogP contribution in [0.25, 0.3) is 0 Å². The van der Waals surface area contributed by atoms with Crippen molar-refractivity contribution in [3.05, 3.63) is 0 Å². The summed E-state index contributed by atoms with van der Waals surface area (Å²) in [5.41, 5.74) is 0. The van der Waals surface area contributed by atoms with E-state index in [1.165, 1.54) is 57.2 Å². The van der Waals surface area contributed by atoms with Crippen LogP contribution in [0.15, 0.2) is 0 Å². The lowest BCUT2D eigenvalue weighted by Gasteiger charge is -2.09. The van der Waals surface area contributed by atoms with Gasteiger partial charge in [0.05, 0.1) is 6.10 Å². The molecule has 16 heavy (non-hydrogen) atoms. The average molecular weight is 245 g/mol. The molecule has 0 aromatic carbocycles. The Morgan fingerprint density at radius 3 is 2.81 bits per heavy atom. The van der Waals surface area contributed by atoms with Crippen LogP contribution in [-0.4, -0.2) is 37.8 Å². The molecule has 1 rings (SSSR count). The van der Waals surface area contributed by atoms with Gasteiger partial charge >= 0.3 is 0 Å². The van der Waals surface area contributed by atoms with Crippen LogP contribution in [0.3, 0.4) is 0 Å². The number of rotatable bonds is 10. The molecular formula is C13H27NOS. The van der Waals surface area contributed by atoms with Gasteiger partial charge in [0.15, 0.2) is 0 Å². The summed E-state index contributed by atoms with van der Waals surface area (Å²) in [6, 6.07) is 0. The van der Waals surface area contributed by atoms with E-state index in [0.717, 1.165) is 13.2 Å². The van der Waals surface area contributed by atoms with Gasteiger partial charge in [0.25, 0.3) is 0 Å². The highest BCUT2D eigenvalue weighted by Gasteiger charge is 2.13. The summed E-state index contributed by atoms with van der Waals surface area (Å²) in [6.07, 6.45) is 12.0. The van der Waals surface area contributed by atoms with Gasteiger partial charge in [-0.3, -0.25) is 0 Å². The van der Waals surface area contributed by atoms with Crippen molar-refractivity contribution in [2.75, 3.05) is 31.7 Å². The molecule has 1 aliphatic heterocycles. The van der Waals surface area contributed by atoms with Gasteiger partial charge in [-0.25, -0.2) is 0 Å². The number of hydrogen-bond donors (Lipinski definition) is 1. The van der Waals surface area contributed by atoms with Crippen LogP contribution in [0.4, 0.5) is 0 Å². The smallest absolute Gasteiger partial charge is 0.0588 e. The summed E-state index contributed by atoms with van der Waals surface area (Å²) in [5.74, 6) is 1.33. The van der Waals surface area contributed by atoms with Crippen LogP contribution in [-0.2, 0) is 4.74 Å². The third-order valence-corrected chi connectivity index (χ3v) is 3.82. The van der Waals surface area contributed by atoms with Crippen LogP contribution in [0.1, 0.15) is 44.9 Å². The Balaban J connectivity index is 1.71. The van der Waals surface area contributed by atoms with E-state index >= 15 is 0 Å². The number of unbranched alkanes of at least 4 members (excludes halogenated alkanes) is 3. The first-order chi connectivity index (χ1) is 7.93. The molecule has 96 valence electrons. The van der Waals surface area contributed by atoms with E-state index in [1.807, 2.05) is 11.8 Å². The minimum absolute atomic E-state index is 0.550. The normalized spacial score (nSPS) is 20.4. The lowest BCUT2D eigenvalue weighted by atomic mass is 10.2. The zero-order chi connectivity index (χ0) is 11.5. The molecule has 0 spiro atoms. The largest absolute Gasteiger partial charge is 0.378 e.